The van der Waals surface area contributed by atoms with Crippen molar-refractivity contribution < 1.29 is 14.6 Å². The summed E-state index contributed by atoms with van der Waals surface area (Å²) in [6, 6.07) is 0. The quantitative estimate of drug-likeness (QED) is 0.544. The summed E-state index contributed by atoms with van der Waals surface area (Å²) in [5.74, 6) is 0.814. The summed E-state index contributed by atoms with van der Waals surface area (Å²) < 4.78 is 5.18. The molecule has 0 heterocycles. The van der Waals surface area contributed by atoms with E-state index >= 15 is 0 Å². The number of carbonyl (C=O) groups is 1. The van der Waals surface area contributed by atoms with Gasteiger partial charge in [-0.3, -0.25) is 4.79 Å². The zero-order valence-electron chi connectivity index (χ0n) is 8.83. The highest BCUT2D eigenvalue weighted by molar-refractivity contribution is 6.09. The first-order valence-corrected chi connectivity index (χ1v) is 4.76. The lowest BCUT2D eigenvalue weighted by Crippen LogP contribution is -2.19. The average molecular weight is 196 g/mol. The fourth-order valence-corrected chi connectivity index (χ4v) is 1.72. The van der Waals surface area contributed by atoms with Gasteiger partial charge in [-0.05, 0) is 12.3 Å². The van der Waals surface area contributed by atoms with E-state index in [0.29, 0.717) is 24.0 Å². The monoisotopic (exact) mass is 196 g/mol. The number of allylic oxidation sites excluding steroid dienone is 3. The molecule has 3 heteroatoms. The highest BCUT2D eigenvalue weighted by Crippen LogP contribution is 2.30. The molecule has 0 fully saturated rings. The summed E-state index contributed by atoms with van der Waals surface area (Å²) in [4.78, 5) is 11.8. The molecule has 0 spiro atoms. The number of rotatable bonds is 2. The summed E-state index contributed by atoms with van der Waals surface area (Å²) in [7, 11) is 1.58. The minimum atomic E-state index is -0.0781. The Morgan fingerprint density at radius 2 is 2.07 bits per heavy atom. The number of ketones is 1. The van der Waals surface area contributed by atoms with Crippen molar-refractivity contribution in [3.05, 3.63) is 23.2 Å². The number of carbonyl (C=O) groups excluding carboxylic acids is 1. The van der Waals surface area contributed by atoms with Crippen LogP contribution in [0.5, 0.6) is 0 Å². The number of Topliss-reactive ketones (excluding diaryl/α,β-unsaturated/α-hetero) is 1. The van der Waals surface area contributed by atoms with Crippen LogP contribution in [0.25, 0.3) is 0 Å². The van der Waals surface area contributed by atoms with E-state index in [2.05, 4.69) is 0 Å². The largest absolute Gasteiger partial charge is 0.515 e. The van der Waals surface area contributed by atoms with Crippen LogP contribution in [-0.2, 0) is 9.53 Å². The van der Waals surface area contributed by atoms with Gasteiger partial charge in [0.25, 0.3) is 0 Å². The van der Waals surface area contributed by atoms with Gasteiger partial charge in [-0.15, -0.1) is 0 Å². The maximum atomic E-state index is 11.8. The van der Waals surface area contributed by atoms with Crippen molar-refractivity contribution in [3.63, 3.8) is 0 Å². The minimum absolute atomic E-state index is 0.0781. The fourth-order valence-electron chi connectivity index (χ4n) is 1.72. The normalized spacial score (nSPS) is 20.9. The van der Waals surface area contributed by atoms with Crippen LogP contribution in [0.3, 0.4) is 0 Å². The molecule has 0 bridgehead atoms. The van der Waals surface area contributed by atoms with Gasteiger partial charge in [-0.2, -0.15) is 0 Å². The molecule has 1 aliphatic carbocycles. The van der Waals surface area contributed by atoms with Crippen LogP contribution >= 0.6 is 0 Å². The van der Waals surface area contributed by atoms with E-state index in [1.165, 1.54) is 0 Å². The van der Waals surface area contributed by atoms with Crippen molar-refractivity contribution in [2.45, 2.75) is 26.7 Å². The number of aliphatic hydroxyl groups excluding tert-OH is 1. The number of ether oxygens (including phenoxy) is 1. The molecule has 0 aromatic heterocycles. The minimum Gasteiger partial charge on any atom is -0.515 e. The van der Waals surface area contributed by atoms with Crippen LogP contribution in [0.1, 0.15) is 26.7 Å². The third-order valence-corrected chi connectivity index (χ3v) is 2.44. The Morgan fingerprint density at radius 1 is 1.43 bits per heavy atom. The Hall–Kier alpha value is -1.25. The molecule has 1 rings (SSSR count). The SMILES string of the molecule is COC1=C(C(C)C)C(=O)/C(=C\O)CC1. The second kappa shape index (κ2) is 4.31. The third-order valence-electron chi connectivity index (χ3n) is 2.44. The van der Waals surface area contributed by atoms with Crippen LogP contribution in [-0.4, -0.2) is 18.0 Å². The predicted octanol–water partition coefficient (Wildman–Crippen LogP) is 2.35. The lowest BCUT2D eigenvalue weighted by atomic mass is 9.86. The maximum absolute atomic E-state index is 11.8. The fraction of sp³-hybridized carbons (Fsp3) is 0.545. The Balaban J connectivity index is 3.11. The number of aliphatic hydroxyl groups is 1. The van der Waals surface area contributed by atoms with Gasteiger partial charge < -0.3 is 9.84 Å². The molecule has 0 aliphatic heterocycles. The number of methoxy groups -OCH3 is 1. The van der Waals surface area contributed by atoms with Crippen molar-refractivity contribution in [3.8, 4) is 0 Å². The maximum Gasteiger partial charge on any atom is 0.191 e. The van der Waals surface area contributed by atoms with Crippen molar-refractivity contribution >= 4 is 5.78 Å². The molecule has 0 atom stereocenters. The van der Waals surface area contributed by atoms with Crippen molar-refractivity contribution in [2.24, 2.45) is 5.92 Å². The molecule has 1 aliphatic rings. The first-order chi connectivity index (χ1) is 6.61. The molecular formula is C11H16O3. The van der Waals surface area contributed by atoms with Crippen LogP contribution in [0.4, 0.5) is 0 Å². The van der Waals surface area contributed by atoms with E-state index in [1.807, 2.05) is 13.8 Å². The summed E-state index contributed by atoms with van der Waals surface area (Å²) in [6.07, 6.45) is 2.17. The average Bonchev–Trinajstić information content (AvgIpc) is 2.16. The van der Waals surface area contributed by atoms with Crippen LogP contribution in [0.2, 0.25) is 0 Å². The Kier molecular flexibility index (Phi) is 3.33. The second-order valence-corrected chi connectivity index (χ2v) is 3.68. The molecule has 0 radical (unpaired) electrons. The Morgan fingerprint density at radius 3 is 2.50 bits per heavy atom. The standard InChI is InChI=1S/C11H16O3/c1-7(2)10-9(14-3)5-4-8(6-12)11(10)13/h6-7,12H,4-5H2,1-3H3/b8-6-. The van der Waals surface area contributed by atoms with Crippen LogP contribution < -0.4 is 0 Å². The van der Waals surface area contributed by atoms with E-state index in [-0.39, 0.29) is 11.7 Å². The van der Waals surface area contributed by atoms with Crippen LogP contribution in [0, 0.1) is 5.92 Å². The molecule has 1 N–H and O–H groups in total. The number of hydrogen-bond acceptors (Lipinski definition) is 3. The number of hydrogen-bond donors (Lipinski definition) is 1. The molecule has 0 saturated heterocycles. The highest BCUT2D eigenvalue weighted by atomic mass is 16.5. The molecule has 78 valence electrons. The summed E-state index contributed by atoms with van der Waals surface area (Å²) in [5.41, 5.74) is 1.17. The van der Waals surface area contributed by atoms with Gasteiger partial charge in [0, 0.05) is 17.6 Å². The zero-order chi connectivity index (χ0) is 10.7. The molecule has 0 saturated carbocycles. The molecule has 0 amide bonds. The zero-order valence-corrected chi connectivity index (χ0v) is 8.83. The molecule has 0 aromatic carbocycles. The van der Waals surface area contributed by atoms with Gasteiger partial charge in [-0.25, -0.2) is 0 Å². The third kappa shape index (κ3) is 1.81. The van der Waals surface area contributed by atoms with Gasteiger partial charge in [0.1, 0.15) is 5.76 Å². The van der Waals surface area contributed by atoms with Crippen LogP contribution in [0.15, 0.2) is 23.2 Å². The van der Waals surface area contributed by atoms with E-state index in [1.54, 1.807) is 7.11 Å². The summed E-state index contributed by atoms with van der Waals surface area (Å²) in [5, 5.41) is 8.87. The lowest BCUT2D eigenvalue weighted by Gasteiger charge is -2.22. The van der Waals surface area contributed by atoms with Gasteiger partial charge in [0.05, 0.1) is 13.4 Å². The lowest BCUT2D eigenvalue weighted by molar-refractivity contribution is -0.113. The van der Waals surface area contributed by atoms with Gasteiger partial charge >= 0.3 is 0 Å². The molecule has 0 unspecified atom stereocenters. The van der Waals surface area contributed by atoms with Crippen molar-refractivity contribution in [2.75, 3.05) is 7.11 Å². The Bertz CT molecular complexity index is 298. The Labute approximate surface area is 84.1 Å². The topological polar surface area (TPSA) is 46.5 Å². The van der Waals surface area contributed by atoms with E-state index in [4.69, 9.17) is 9.84 Å². The second-order valence-electron chi connectivity index (χ2n) is 3.68. The van der Waals surface area contributed by atoms with Gasteiger partial charge in [0.2, 0.25) is 0 Å². The molecule has 14 heavy (non-hydrogen) atoms. The van der Waals surface area contributed by atoms with E-state index < -0.39 is 0 Å². The molecule has 3 nitrogen and oxygen atoms in total. The van der Waals surface area contributed by atoms with Crippen molar-refractivity contribution in [1.29, 1.82) is 0 Å². The first kappa shape index (κ1) is 10.8. The van der Waals surface area contributed by atoms with E-state index in [0.717, 1.165) is 12.0 Å². The first-order valence-electron chi connectivity index (χ1n) is 4.76. The smallest absolute Gasteiger partial charge is 0.191 e. The van der Waals surface area contributed by atoms with E-state index in [9.17, 15) is 4.79 Å². The molecular weight excluding hydrogens is 180 g/mol. The van der Waals surface area contributed by atoms with Crippen molar-refractivity contribution in [1.82, 2.24) is 0 Å². The predicted molar refractivity (Wildman–Crippen MR) is 53.8 cm³/mol. The summed E-state index contributed by atoms with van der Waals surface area (Å²) >= 11 is 0. The molecule has 0 aromatic rings. The highest BCUT2D eigenvalue weighted by Gasteiger charge is 2.27. The van der Waals surface area contributed by atoms with Gasteiger partial charge in [-0.1, -0.05) is 13.8 Å². The summed E-state index contributed by atoms with van der Waals surface area (Å²) in [6.45, 7) is 3.90. The van der Waals surface area contributed by atoms with Gasteiger partial charge in [0.15, 0.2) is 5.78 Å².